The van der Waals surface area contributed by atoms with Crippen molar-refractivity contribution in [3.63, 3.8) is 0 Å². The molecule has 0 amide bonds. The molecule has 0 aromatic carbocycles. The molecule has 4 nitrogen and oxygen atoms in total. The molecule has 1 unspecified atom stereocenters. The van der Waals surface area contributed by atoms with E-state index in [-0.39, 0.29) is 0 Å². The van der Waals surface area contributed by atoms with Gasteiger partial charge in [0, 0.05) is 0 Å². The van der Waals surface area contributed by atoms with Crippen molar-refractivity contribution in [2.75, 3.05) is 6.61 Å². The number of hydrogen-bond acceptors (Lipinski definition) is 5. The molecule has 0 aliphatic heterocycles. The second kappa shape index (κ2) is 5.07. The molecule has 0 saturated carbocycles. The molecular formula is C9H13NO3S. The molecule has 0 saturated heterocycles. The van der Waals surface area contributed by atoms with Crippen LogP contribution in [0, 0.1) is 0 Å². The first kappa shape index (κ1) is 11.1. The Labute approximate surface area is 86.6 Å². The number of ether oxygens (including phenoxy) is 1. The summed E-state index contributed by atoms with van der Waals surface area (Å²) in [5, 5.41) is 9.55. The standard InChI is InChI=1S/C9H13NO3S/c1-3-6(11)7-8(14-5-10-7)9(12)13-4-2/h5-6,11H,3-4H2,1-2H3. The number of rotatable bonds is 4. The van der Waals surface area contributed by atoms with E-state index in [2.05, 4.69) is 4.98 Å². The van der Waals surface area contributed by atoms with Gasteiger partial charge in [-0.15, -0.1) is 11.3 Å². The van der Waals surface area contributed by atoms with Crippen molar-refractivity contribution in [2.45, 2.75) is 26.4 Å². The topological polar surface area (TPSA) is 59.4 Å². The van der Waals surface area contributed by atoms with E-state index in [0.717, 1.165) is 0 Å². The largest absolute Gasteiger partial charge is 0.462 e. The van der Waals surface area contributed by atoms with Gasteiger partial charge >= 0.3 is 5.97 Å². The average Bonchev–Trinajstić information content (AvgIpc) is 2.65. The maximum atomic E-state index is 11.4. The van der Waals surface area contributed by atoms with Crippen molar-refractivity contribution in [2.24, 2.45) is 0 Å². The van der Waals surface area contributed by atoms with Crippen molar-refractivity contribution >= 4 is 17.3 Å². The lowest BCUT2D eigenvalue weighted by atomic mass is 10.2. The van der Waals surface area contributed by atoms with Gasteiger partial charge in [-0.05, 0) is 13.3 Å². The Morgan fingerprint density at radius 3 is 3.00 bits per heavy atom. The van der Waals surface area contributed by atoms with Gasteiger partial charge in [0.2, 0.25) is 0 Å². The molecule has 0 aliphatic carbocycles. The Balaban J connectivity index is 2.86. The van der Waals surface area contributed by atoms with Gasteiger partial charge in [0.15, 0.2) is 0 Å². The Kier molecular flexibility index (Phi) is 4.03. The lowest BCUT2D eigenvalue weighted by molar-refractivity contribution is 0.0524. The number of aliphatic hydroxyl groups is 1. The number of aromatic nitrogens is 1. The molecule has 78 valence electrons. The molecule has 0 fully saturated rings. The Morgan fingerprint density at radius 1 is 1.71 bits per heavy atom. The Bertz CT molecular complexity index is 311. The number of esters is 1. The predicted molar refractivity (Wildman–Crippen MR) is 53.3 cm³/mol. The first-order valence-corrected chi connectivity index (χ1v) is 5.37. The van der Waals surface area contributed by atoms with Crippen LogP contribution < -0.4 is 0 Å². The van der Waals surface area contributed by atoms with Crippen molar-refractivity contribution in [3.05, 3.63) is 16.1 Å². The maximum Gasteiger partial charge on any atom is 0.350 e. The molecule has 0 bridgehead atoms. The summed E-state index contributed by atoms with van der Waals surface area (Å²) in [6.07, 6.45) is -0.142. The minimum absolute atomic E-state index is 0.332. The second-order valence-corrected chi connectivity index (χ2v) is 3.57. The summed E-state index contributed by atoms with van der Waals surface area (Å²) in [5.74, 6) is -0.405. The minimum atomic E-state index is -0.680. The van der Waals surface area contributed by atoms with Crippen molar-refractivity contribution in [1.82, 2.24) is 4.98 Å². The number of hydrogen-bond donors (Lipinski definition) is 1. The van der Waals surface area contributed by atoms with E-state index >= 15 is 0 Å². The van der Waals surface area contributed by atoms with Crippen molar-refractivity contribution in [3.8, 4) is 0 Å². The fourth-order valence-corrected chi connectivity index (χ4v) is 1.77. The molecule has 1 N–H and O–H groups in total. The smallest absolute Gasteiger partial charge is 0.350 e. The van der Waals surface area contributed by atoms with Gasteiger partial charge in [-0.1, -0.05) is 6.92 Å². The van der Waals surface area contributed by atoms with Crippen LogP contribution in [0.5, 0.6) is 0 Å². The zero-order chi connectivity index (χ0) is 10.6. The zero-order valence-electron chi connectivity index (χ0n) is 8.19. The quantitative estimate of drug-likeness (QED) is 0.777. The van der Waals surface area contributed by atoms with Gasteiger partial charge < -0.3 is 9.84 Å². The van der Waals surface area contributed by atoms with Gasteiger partial charge in [-0.25, -0.2) is 9.78 Å². The molecule has 0 radical (unpaired) electrons. The van der Waals surface area contributed by atoms with E-state index in [9.17, 15) is 9.90 Å². The molecular weight excluding hydrogens is 202 g/mol. The molecule has 1 aromatic rings. The predicted octanol–water partition coefficient (Wildman–Crippen LogP) is 1.76. The SMILES string of the molecule is CCOC(=O)c1scnc1C(O)CC. The lowest BCUT2D eigenvalue weighted by Gasteiger charge is -2.06. The third-order valence-corrected chi connectivity index (χ3v) is 2.58. The van der Waals surface area contributed by atoms with Crippen molar-refractivity contribution < 1.29 is 14.6 Å². The number of nitrogens with zero attached hydrogens (tertiary/aromatic N) is 1. The van der Waals surface area contributed by atoms with Gasteiger partial charge in [0.25, 0.3) is 0 Å². The molecule has 0 aliphatic rings. The summed E-state index contributed by atoms with van der Waals surface area (Å²) >= 11 is 1.20. The van der Waals surface area contributed by atoms with E-state index in [1.54, 1.807) is 12.4 Å². The van der Waals surface area contributed by atoms with E-state index in [0.29, 0.717) is 23.6 Å². The summed E-state index contributed by atoms with van der Waals surface area (Å²) in [4.78, 5) is 15.7. The molecule has 1 rings (SSSR count). The summed E-state index contributed by atoms with van der Waals surface area (Å²) in [6, 6.07) is 0. The van der Waals surface area contributed by atoms with Crippen LogP contribution in [0.15, 0.2) is 5.51 Å². The number of aliphatic hydroxyl groups excluding tert-OH is 1. The van der Waals surface area contributed by atoms with Crippen LogP contribution in [0.25, 0.3) is 0 Å². The number of carbonyl (C=O) groups excluding carboxylic acids is 1. The van der Waals surface area contributed by atoms with Crippen LogP contribution >= 0.6 is 11.3 Å². The van der Waals surface area contributed by atoms with E-state index in [1.165, 1.54) is 11.3 Å². The van der Waals surface area contributed by atoms with E-state index < -0.39 is 12.1 Å². The highest BCUT2D eigenvalue weighted by Gasteiger charge is 2.20. The van der Waals surface area contributed by atoms with E-state index in [1.807, 2.05) is 6.92 Å². The van der Waals surface area contributed by atoms with E-state index in [4.69, 9.17) is 4.74 Å². The highest BCUT2D eigenvalue weighted by Crippen LogP contribution is 2.23. The van der Waals surface area contributed by atoms with Gasteiger partial charge in [-0.2, -0.15) is 0 Å². The molecule has 1 atom stereocenters. The van der Waals surface area contributed by atoms with Crippen LogP contribution in [-0.2, 0) is 4.74 Å². The first-order chi connectivity index (χ1) is 6.70. The molecule has 5 heteroatoms. The summed E-state index contributed by atoms with van der Waals surface area (Å²) in [6.45, 7) is 3.91. The van der Waals surface area contributed by atoms with Crippen LogP contribution in [-0.4, -0.2) is 22.7 Å². The molecule has 1 heterocycles. The van der Waals surface area contributed by atoms with Crippen molar-refractivity contribution in [1.29, 1.82) is 0 Å². The summed E-state index contributed by atoms with van der Waals surface area (Å²) in [5.41, 5.74) is 1.97. The fourth-order valence-electron chi connectivity index (χ4n) is 1.03. The minimum Gasteiger partial charge on any atom is -0.462 e. The van der Waals surface area contributed by atoms with Crippen LogP contribution in [0.1, 0.15) is 41.7 Å². The monoisotopic (exact) mass is 215 g/mol. The van der Waals surface area contributed by atoms with Crippen LogP contribution in [0.2, 0.25) is 0 Å². The fraction of sp³-hybridized carbons (Fsp3) is 0.556. The second-order valence-electron chi connectivity index (χ2n) is 2.71. The lowest BCUT2D eigenvalue weighted by Crippen LogP contribution is -2.08. The van der Waals surface area contributed by atoms with Crippen LogP contribution in [0.3, 0.4) is 0 Å². The summed E-state index contributed by atoms with van der Waals surface area (Å²) in [7, 11) is 0. The van der Waals surface area contributed by atoms with Gasteiger partial charge in [0.1, 0.15) is 4.88 Å². The normalized spacial score (nSPS) is 12.5. The van der Waals surface area contributed by atoms with Gasteiger partial charge in [-0.3, -0.25) is 0 Å². The zero-order valence-corrected chi connectivity index (χ0v) is 9.00. The first-order valence-electron chi connectivity index (χ1n) is 4.49. The molecule has 0 spiro atoms. The average molecular weight is 215 g/mol. The Hall–Kier alpha value is -0.940. The summed E-state index contributed by atoms with van der Waals surface area (Å²) < 4.78 is 4.84. The Morgan fingerprint density at radius 2 is 2.43 bits per heavy atom. The maximum absolute atomic E-state index is 11.4. The highest BCUT2D eigenvalue weighted by atomic mass is 32.1. The number of carbonyl (C=O) groups is 1. The third-order valence-electron chi connectivity index (χ3n) is 1.76. The van der Waals surface area contributed by atoms with Gasteiger partial charge in [0.05, 0.1) is 23.9 Å². The molecule has 1 aromatic heterocycles. The third kappa shape index (κ3) is 2.30. The molecule has 14 heavy (non-hydrogen) atoms. The number of thiazole rings is 1. The highest BCUT2D eigenvalue weighted by molar-refractivity contribution is 7.11. The van der Waals surface area contributed by atoms with Crippen LogP contribution in [0.4, 0.5) is 0 Å².